The molecule has 1 heterocycles. The van der Waals surface area contributed by atoms with E-state index in [1.54, 1.807) is 29.2 Å². The van der Waals surface area contributed by atoms with Gasteiger partial charge in [-0.05, 0) is 29.4 Å². The molecular formula is C15H18N4O4. The van der Waals surface area contributed by atoms with E-state index in [2.05, 4.69) is 20.2 Å². The van der Waals surface area contributed by atoms with Crippen LogP contribution in [0.25, 0.3) is 0 Å². The van der Waals surface area contributed by atoms with Crippen LogP contribution in [0.5, 0.6) is 0 Å². The Bertz CT molecular complexity index is 679. The van der Waals surface area contributed by atoms with Gasteiger partial charge in [-0.15, -0.1) is 0 Å². The lowest BCUT2D eigenvalue weighted by atomic mass is 10.1. The number of benzene rings is 1. The number of carbonyl (C=O) groups excluding carboxylic acids is 2. The minimum Gasteiger partial charge on any atom is -0.465 e. The van der Waals surface area contributed by atoms with Crippen LogP contribution in [0.3, 0.4) is 0 Å². The molecule has 0 radical (unpaired) electrons. The molecule has 0 spiro atoms. The first-order valence-corrected chi connectivity index (χ1v) is 6.97. The van der Waals surface area contributed by atoms with E-state index in [0.717, 1.165) is 0 Å². The number of amides is 1. The fourth-order valence-electron chi connectivity index (χ4n) is 1.79. The maximum atomic E-state index is 12.0. The highest BCUT2D eigenvalue weighted by molar-refractivity contribution is 5.96. The van der Waals surface area contributed by atoms with E-state index < -0.39 is 5.97 Å². The van der Waals surface area contributed by atoms with Gasteiger partial charge in [0.1, 0.15) is 0 Å². The number of esters is 1. The average molecular weight is 318 g/mol. The number of methoxy groups -OCH3 is 1. The van der Waals surface area contributed by atoms with Gasteiger partial charge in [-0.2, -0.15) is 4.98 Å². The molecule has 1 amide bonds. The first-order chi connectivity index (χ1) is 11.0. The zero-order valence-corrected chi connectivity index (χ0v) is 13.2. The van der Waals surface area contributed by atoms with E-state index in [1.165, 1.54) is 7.11 Å². The molecule has 2 rings (SSSR count). The van der Waals surface area contributed by atoms with Crippen molar-refractivity contribution in [2.45, 2.75) is 6.42 Å². The van der Waals surface area contributed by atoms with E-state index in [1.807, 2.05) is 14.1 Å². The number of hydrogen-bond acceptors (Lipinski definition) is 7. The quantitative estimate of drug-likeness (QED) is 0.790. The van der Waals surface area contributed by atoms with Crippen LogP contribution < -0.4 is 10.2 Å². The zero-order valence-electron chi connectivity index (χ0n) is 13.2. The van der Waals surface area contributed by atoms with Gasteiger partial charge in [-0.25, -0.2) is 4.79 Å². The Hall–Kier alpha value is -2.90. The molecule has 0 unspecified atom stereocenters. The van der Waals surface area contributed by atoms with Gasteiger partial charge < -0.3 is 19.5 Å². The van der Waals surface area contributed by atoms with Crippen LogP contribution in [0.1, 0.15) is 26.6 Å². The molecule has 0 aliphatic heterocycles. The van der Waals surface area contributed by atoms with Gasteiger partial charge in [0.05, 0.1) is 12.7 Å². The number of nitrogens with one attached hydrogen (secondary N) is 1. The smallest absolute Gasteiger partial charge is 0.337 e. The maximum Gasteiger partial charge on any atom is 0.337 e. The monoisotopic (exact) mass is 318 g/mol. The summed E-state index contributed by atoms with van der Waals surface area (Å²) in [4.78, 5) is 29.2. The standard InChI is InChI=1S/C15H18N4O4/c1-19(2)15-17-12(23-18-15)8-9-16-13(20)10-4-6-11(7-5-10)14(21)22-3/h4-7H,8-9H2,1-3H3,(H,16,20). The third kappa shape index (κ3) is 4.29. The minimum absolute atomic E-state index is 0.242. The predicted molar refractivity (Wildman–Crippen MR) is 82.4 cm³/mol. The van der Waals surface area contributed by atoms with Crippen molar-refractivity contribution in [3.8, 4) is 0 Å². The van der Waals surface area contributed by atoms with Crippen LogP contribution in [0.4, 0.5) is 5.95 Å². The summed E-state index contributed by atoms with van der Waals surface area (Å²) < 4.78 is 9.67. The van der Waals surface area contributed by atoms with Crippen molar-refractivity contribution in [1.82, 2.24) is 15.5 Å². The molecule has 1 aromatic carbocycles. The van der Waals surface area contributed by atoms with Gasteiger partial charge in [-0.3, -0.25) is 4.79 Å². The van der Waals surface area contributed by atoms with Gasteiger partial charge >= 0.3 is 5.97 Å². The van der Waals surface area contributed by atoms with E-state index >= 15 is 0 Å². The van der Waals surface area contributed by atoms with Crippen LogP contribution in [0.2, 0.25) is 0 Å². The van der Waals surface area contributed by atoms with E-state index in [9.17, 15) is 9.59 Å². The number of hydrogen-bond donors (Lipinski definition) is 1. The van der Waals surface area contributed by atoms with Gasteiger partial charge in [0.2, 0.25) is 5.89 Å². The molecule has 0 atom stereocenters. The predicted octanol–water partition coefficient (Wildman–Crippen LogP) is 0.895. The van der Waals surface area contributed by atoms with E-state index in [4.69, 9.17) is 4.52 Å². The fourth-order valence-corrected chi connectivity index (χ4v) is 1.79. The minimum atomic E-state index is -0.440. The third-order valence-electron chi connectivity index (χ3n) is 3.05. The number of nitrogens with zero attached hydrogens (tertiary/aromatic N) is 3. The molecule has 122 valence electrons. The Labute approximate surface area is 133 Å². The summed E-state index contributed by atoms with van der Waals surface area (Å²) in [6, 6.07) is 6.22. The normalized spacial score (nSPS) is 10.2. The van der Waals surface area contributed by atoms with Crippen LogP contribution in [-0.4, -0.2) is 49.8 Å². The van der Waals surface area contributed by atoms with Crippen molar-refractivity contribution in [1.29, 1.82) is 0 Å². The van der Waals surface area contributed by atoms with Gasteiger partial charge in [0.15, 0.2) is 0 Å². The molecule has 0 aliphatic rings. The molecular weight excluding hydrogens is 300 g/mol. The highest BCUT2D eigenvalue weighted by Gasteiger charge is 2.10. The molecule has 0 fully saturated rings. The molecule has 23 heavy (non-hydrogen) atoms. The number of rotatable bonds is 6. The first kappa shape index (κ1) is 16.5. The summed E-state index contributed by atoms with van der Waals surface area (Å²) in [6.07, 6.45) is 0.437. The Kier molecular flexibility index (Phi) is 5.29. The van der Waals surface area contributed by atoms with E-state index in [0.29, 0.717) is 35.9 Å². The Balaban J connectivity index is 1.85. The molecule has 0 saturated heterocycles. The number of aromatic nitrogens is 2. The van der Waals surface area contributed by atoms with Gasteiger partial charge in [0.25, 0.3) is 11.9 Å². The lowest BCUT2D eigenvalue weighted by molar-refractivity contribution is 0.0600. The van der Waals surface area contributed by atoms with Crippen molar-refractivity contribution in [3.63, 3.8) is 0 Å². The lowest BCUT2D eigenvalue weighted by Crippen LogP contribution is -2.25. The molecule has 2 aromatic rings. The highest BCUT2D eigenvalue weighted by Crippen LogP contribution is 2.07. The lowest BCUT2D eigenvalue weighted by Gasteiger charge is -2.05. The largest absolute Gasteiger partial charge is 0.465 e. The first-order valence-electron chi connectivity index (χ1n) is 6.97. The van der Waals surface area contributed by atoms with Crippen LogP contribution in [-0.2, 0) is 11.2 Å². The van der Waals surface area contributed by atoms with Crippen LogP contribution in [0.15, 0.2) is 28.8 Å². The maximum absolute atomic E-state index is 12.0. The third-order valence-corrected chi connectivity index (χ3v) is 3.05. The second-order valence-corrected chi connectivity index (χ2v) is 4.96. The van der Waals surface area contributed by atoms with Crippen molar-refractivity contribution < 1.29 is 18.8 Å². The summed E-state index contributed by atoms with van der Waals surface area (Å²) in [6.45, 7) is 0.368. The summed E-state index contributed by atoms with van der Waals surface area (Å²) in [5.74, 6) is 0.263. The molecule has 8 nitrogen and oxygen atoms in total. The van der Waals surface area contributed by atoms with Crippen LogP contribution in [0, 0.1) is 0 Å². The van der Waals surface area contributed by atoms with Gasteiger partial charge in [-0.1, -0.05) is 0 Å². The zero-order chi connectivity index (χ0) is 16.8. The Morgan fingerprint density at radius 3 is 2.43 bits per heavy atom. The number of carbonyl (C=O) groups is 2. The molecule has 0 saturated carbocycles. The molecule has 0 bridgehead atoms. The molecule has 8 heteroatoms. The number of anilines is 1. The molecule has 1 aromatic heterocycles. The molecule has 0 aliphatic carbocycles. The Morgan fingerprint density at radius 1 is 1.22 bits per heavy atom. The number of ether oxygens (including phenoxy) is 1. The summed E-state index contributed by atoms with van der Waals surface area (Å²) in [5.41, 5.74) is 0.850. The Morgan fingerprint density at radius 2 is 1.87 bits per heavy atom. The SMILES string of the molecule is COC(=O)c1ccc(C(=O)NCCc2nc(N(C)C)no2)cc1. The second-order valence-electron chi connectivity index (χ2n) is 4.96. The second kappa shape index (κ2) is 7.39. The average Bonchev–Trinajstić information content (AvgIpc) is 3.03. The van der Waals surface area contributed by atoms with Crippen molar-refractivity contribution in [2.75, 3.05) is 32.6 Å². The summed E-state index contributed by atoms with van der Waals surface area (Å²) >= 11 is 0. The van der Waals surface area contributed by atoms with Crippen LogP contribution >= 0.6 is 0 Å². The highest BCUT2D eigenvalue weighted by atomic mass is 16.5. The summed E-state index contributed by atoms with van der Waals surface area (Å²) in [5, 5.41) is 6.54. The fraction of sp³-hybridized carbons (Fsp3) is 0.333. The van der Waals surface area contributed by atoms with Crippen molar-refractivity contribution in [2.24, 2.45) is 0 Å². The topological polar surface area (TPSA) is 97.6 Å². The van der Waals surface area contributed by atoms with Crippen molar-refractivity contribution in [3.05, 3.63) is 41.3 Å². The van der Waals surface area contributed by atoms with Crippen molar-refractivity contribution >= 4 is 17.8 Å². The molecule has 1 N–H and O–H groups in total. The van der Waals surface area contributed by atoms with E-state index in [-0.39, 0.29) is 5.91 Å². The summed E-state index contributed by atoms with van der Waals surface area (Å²) in [7, 11) is 4.94. The van der Waals surface area contributed by atoms with Gasteiger partial charge in [0, 0.05) is 32.6 Å².